The van der Waals surface area contributed by atoms with Crippen LogP contribution in [0.4, 0.5) is 0 Å². The summed E-state index contributed by atoms with van der Waals surface area (Å²) >= 11 is 0. The summed E-state index contributed by atoms with van der Waals surface area (Å²) in [5.74, 6) is 5.41. The van der Waals surface area contributed by atoms with Crippen LogP contribution in [0.3, 0.4) is 0 Å². The minimum absolute atomic E-state index is 0.105. The van der Waals surface area contributed by atoms with Crippen molar-refractivity contribution < 1.29 is 9.53 Å². The lowest BCUT2D eigenvalue weighted by molar-refractivity contribution is -0.148. The van der Waals surface area contributed by atoms with Gasteiger partial charge in [0.25, 0.3) is 0 Å². The fraction of sp³-hybridized carbons (Fsp3) is 0.839. The predicted molar refractivity (Wildman–Crippen MR) is 138 cm³/mol. The van der Waals surface area contributed by atoms with Crippen LogP contribution in [0.5, 0.6) is 0 Å². The topological polar surface area (TPSA) is 26.3 Å². The molecule has 0 amide bonds. The summed E-state index contributed by atoms with van der Waals surface area (Å²) in [5, 5.41) is 0. The summed E-state index contributed by atoms with van der Waals surface area (Å²) in [6.45, 7) is 16.3. The lowest BCUT2D eigenvalue weighted by Crippen LogP contribution is -2.51. The molecule has 4 aliphatic carbocycles. The second-order valence-corrected chi connectivity index (χ2v) is 13.0. The maximum Gasteiger partial charge on any atom is 0.302 e. The van der Waals surface area contributed by atoms with E-state index < -0.39 is 0 Å². The third-order valence-electron chi connectivity index (χ3n) is 11.1. The molecule has 0 unspecified atom stereocenters. The van der Waals surface area contributed by atoms with E-state index in [1.807, 2.05) is 0 Å². The van der Waals surface area contributed by atoms with E-state index in [0.717, 1.165) is 48.3 Å². The van der Waals surface area contributed by atoms with E-state index in [2.05, 4.69) is 59.8 Å². The van der Waals surface area contributed by atoms with Crippen molar-refractivity contribution in [3.8, 4) is 0 Å². The normalized spacial score (nSPS) is 42.3. The molecule has 0 aromatic heterocycles. The number of rotatable bonds is 6. The van der Waals surface area contributed by atoms with Crippen LogP contribution in [0.1, 0.15) is 106 Å². The van der Waals surface area contributed by atoms with Crippen molar-refractivity contribution in [2.75, 3.05) is 0 Å². The van der Waals surface area contributed by atoms with Crippen molar-refractivity contribution in [3.63, 3.8) is 0 Å². The van der Waals surface area contributed by atoms with Crippen LogP contribution in [-0.4, -0.2) is 12.1 Å². The number of fused-ring (bicyclic) bond motifs is 5. The fourth-order valence-corrected chi connectivity index (χ4v) is 9.15. The van der Waals surface area contributed by atoms with E-state index >= 15 is 0 Å². The Morgan fingerprint density at radius 3 is 2.52 bits per heavy atom. The molecule has 4 aliphatic rings. The standard InChI is InChI=1S/C31H50O2/c1-8-23(20(2)3)10-9-21(4)27-13-14-28-26-12-11-24-19-25(33-22(5)32)15-17-30(24,6)29(26)16-18-31(27,28)7/h9-11,20-21,23,25-29H,8,12-19H2,1-7H3/b10-9-/t21-,23-,25+,26+,27-,28+,29+,30+,31-/m1/s1. The van der Waals surface area contributed by atoms with Gasteiger partial charge in [-0.05, 0) is 104 Å². The zero-order chi connectivity index (χ0) is 24.0. The van der Waals surface area contributed by atoms with Crippen LogP contribution in [-0.2, 0) is 9.53 Å². The number of carbonyl (C=O) groups excluding carboxylic acids is 1. The Labute approximate surface area is 204 Å². The van der Waals surface area contributed by atoms with Gasteiger partial charge in [-0.3, -0.25) is 4.79 Å². The molecular weight excluding hydrogens is 404 g/mol. The molecule has 0 saturated heterocycles. The third kappa shape index (κ3) is 4.50. The molecule has 33 heavy (non-hydrogen) atoms. The molecule has 2 heteroatoms. The lowest BCUT2D eigenvalue weighted by Gasteiger charge is -2.58. The van der Waals surface area contributed by atoms with E-state index in [9.17, 15) is 4.79 Å². The number of allylic oxidation sites excluding steroid dienone is 3. The lowest BCUT2D eigenvalue weighted by atomic mass is 9.47. The molecule has 4 rings (SSSR count). The van der Waals surface area contributed by atoms with Gasteiger partial charge in [-0.2, -0.15) is 0 Å². The highest BCUT2D eigenvalue weighted by molar-refractivity contribution is 5.66. The van der Waals surface area contributed by atoms with E-state index in [-0.39, 0.29) is 12.1 Å². The highest BCUT2D eigenvalue weighted by atomic mass is 16.5. The van der Waals surface area contributed by atoms with Crippen LogP contribution in [0.15, 0.2) is 23.8 Å². The number of hydrogen-bond donors (Lipinski definition) is 0. The molecule has 3 fully saturated rings. The zero-order valence-electron chi connectivity index (χ0n) is 22.5. The van der Waals surface area contributed by atoms with Gasteiger partial charge in [-0.1, -0.05) is 65.3 Å². The van der Waals surface area contributed by atoms with Crippen LogP contribution < -0.4 is 0 Å². The minimum atomic E-state index is -0.120. The van der Waals surface area contributed by atoms with Crippen LogP contribution in [0.2, 0.25) is 0 Å². The molecule has 9 atom stereocenters. The van der Waals surface area contributed by atoms with Gasteiger partial charge in [-0.25, -0.2) is 0 Å². The Kier molecular flexibility index (Phi) is 7.24. The molecule has 3 saturated carbocycles. The van der Waals surface area contributed by atoms with Crippen LogP contribution in [0.25, 0.3) is 0 Å². The highest BCUT2D eigenvalue weighted by Gasteiger charge is 2.59. The first kappa shape index (κ1) is 25.1. The van der Waals surface area contributed by atoms with Crippen molar-refractivity contribution in [1.29, 1.82) is 0 Å². The molecule has 0 aromatic carbocycles. The summed E-state index contributed by atoms with van der Waals surface area (Å²) in [4.78, 5) is 11.5. The Hall–Kier alpha value is -1.05. The van der Waals surface area contributed by atoms with Crippen LogP contribution in [0, 0.1) is 52.3 Å². The van der Waals surface area contributed by atoms with Crippen molar-refractivity contribution in [1.82, 2.24) is 0 Å². The van der Waals surface area contributed by atoms with Gasteiger partial charge in [0.05, 0.1) is 0 Å². The van der Waals surface area contributed by atoms with Gasteiger partial charge >= 0.3 is 5.97 Å². The minimum Gasteiger partial charge on any atom is -0.462 e. The number of hydrogen-bond acceptors (Lipinski definition) is 2. The van der Waals surface area contributed by atoms with Gasteiger partial charge in [0.1, 0.15) is 6.10 Å². The molecule has 0 heterocycles. The molecule has 0 aromatic rings. The molecule has 2 nitrogen and oxygen atoms in total. The summed E-state index contributed by atoms with van der Waals surface area (Å²) in [6.07, 6.45) is 19.2. The Bertz CT molecular complexity index is 778. The summed E-state index contributed by atoms with van der Waals surface area (Å²) in [7, 11) is 0. The predicted octanol–water partition coefficient (Wildman–Crippen LogP) is 8.37. The largest absolute Gasteiger partial charge is 0.462 e. The van der Waals surface area contributed by atoms with Crippen molar-refractivity contribution in [3.05, 3.63) is 23.8 Å². The van der Waals surface area contributed by atoms with Gasteiger partial charge in [0.15, 0.2) is 0 Å². The second-order valence-electron chi connectivity index (χ2n) is 13.0. The average molecular weight is 455 g/mol. The summed E-state index contributed by atoms with van der Waals surface area (Å²) in [6, 6.07) is 0. The molecule has 0 bridgehead atoms. The van der Waals surface area contributed by atoms with Crippen molar-refractivity contribution in [2.24, 2.45) is 52.3 Å². The fourth-order valence-electron chi connectivity index (χ4n) is 9.15. The molecular formula is C31H50O2. The monoisotopic (exact) mass is 454 g/mol. The van der Waals surface area contributed by atoms with Crippen molar-refractivity contribution in [2.45, 2.75) is 112 Å². The first-order valence-corrected chi connectivity index (χ1v) is 14.1. The van der Waals surface area contributed by atoms with Gasteiger partial charge in [-0.15, -0.1) is 0 Å². The SMILES string of the molecule is CC[C@H](/C=C\[C@@H](C)[C@H]1CC[C@H]2[C@@H]3CC=C4C[C@@H](OC(C)=O)CC[C@]4(C)[C@H]3CC[C@]12C)C(C)C. The Morgan fingerprint density at radius 1 is 1.09 bits per heavy atom. The number of carbonyl (C=O) groups is 1. The first-order chi connectivity index (χ1) is 15.6. The number of esters is 1. The number of ether oxygens (including phenoxy) is 1. The van der Waals surface area contributed by atoms with Gasteiger partial charge in [0.2, 0.25) is 0 Å². The zero-order valence-corrected chi connectivity index (χ0v) is 22.5. The summed E-state index contributed by atoms with van der Waals surface area (Å²) in [5.41, 5.74) is 2.44. The van der Waals surface area contributed by atoms with Crippen molar-refractivity contribution >= 4 is 5.97 Å². The average Bonchev–Trinajstić information content (AvgIpc) is 3.11. The molecule has 0 aliphatic heterocycles. The third-order valence-corrected chi connectivity index (χ3v) is 11.1. The maximum atomic E-state index is 11.5. The Morgan fingerprint density at radius 2 is 1.85 bits per heavy atom. The smallest absolute Gasteiger partial charge is 0.302 e. The van der Waals surface area contributed by atoms with E-state index in [4.69, 9.17) is 4.74 Å². The quantitative estimate of drug-likeness (QED) is 0.297. The first-order valence-electron chi connectivity index (χ1n) is 14.1. The highest BCUT2D eigenvalue weighted by Crippen LogP contribution is 2.67. The molecule has 0 spiro atoms. The molecule has 0 radical (unpaired) electrons. The maximum absolute atomic E-state index is 11.5. The summed E-state index contributed by atoms with van der Waals surface area (Å²) < 4.78 is 5.62. The van der Waals surface area contributed by atoms with Gasteiger partial charge in [0, 0.05) is 13.3 Å². The van der Waals surface area contributed by atoms with Gasteiger partial charge < -0.3 is 4.74 Å². The Balaban J connectivity index is 1.49. The second kappa shape index (κ2) is 9.54. The molecule has 186 valence electrons. The van der Waals surface area contributed by atoms with E-state index in [0.29, 0.717) is 16.7 Å². The molecule has 0 N–H and O–H groups in total. The van der Waals surface area contributed by atoms with Crippen LogP contribution >= 0.6 is 0 Å². The van der Waals surface area contributed by atoms with E-state index in [1.54, 1.807) is 12.5 Å². The van der Waals surface area contributed by atoms with E-state index in [1.165, 1.54) is 44.9 Å².